The molecular formula is C22H23N3O3. The molecule has 1 atom stereocenters. The van der Waals surface area contributed by atoms with E-state index in [1.807, 2.05) is 54.6 Å². The van der Waals surface area contributed by atoms with Crippen molar-refractivity contribution in [2.24, 2.45) is 0 Å². The summed E-state index contributed by atoms with van der Waals surface area (Å²) >= 11 is 0. The summed E-state index contributed by atoms with van der Waals surface area (Å²) in [6.07, 6.45) is 0.668. The fourth-order valence-electron chi connectivity index (χ4n) is 3.11. The van der Waals surface area contributed by atoms with Crippen molar-refractivity contribution in [3.05, 3.63) is 93.7 Å². The number of aryl methyl sites for hydroxylation is 1. The molecule has 0 saturated carbocycles. The fraction of sp³-hybridized carbons (Fsp3) is 0.227. The van der Waals surface area contributed by atoms with Crippen molar-refractivity contribution in [3.8, 4) is 5.75 Å². The molecule has 1 heterocycles. The SMILES string of the molecule is COc1cccc(CC(=O)N[C@@H](Cc2cc(=O)[nH]c(C)n2)c2ccccc2)c1. The van der Waals surface area contributed by atoms with Gasteiger partial charge in [-0.3, -0.25) is 9.59 Å². The van der Waals surface area contributed by atoms with Gasteiger partial charge in [0.05, 0.1) is 25.3 Å². The summed E-state index contributed by atoms with van der Waals surface area (Å²) in [5, 5.41) is 3.07. The largest absolute Gasteiger partial charge is 0.497 e. The second-order valence-electron chi connectivity index (χ2n) is 6.59. The van der Waals surface area contributed by atoms with Gasteiger partial charge in [-0.25, -0.2) is 4.98 Å². The molecule has 0 aliphatic carbocycles. The number of aromatic nitrogens is 2. The number of carbonyl (C=O) groups excluding carboxylic acids is 1. The van der Waals surface area contributed by atoms with Crippen LogP contribution in [-0.2, 0) is 17.6 Å². The molecule has 6 heteroatoms. The summed E-state index contributed by atoms with van der Waals surface area (Å²) in [7, 11) is 1.60. The quantitative estimate of drug-likeness (QED) is 0.663. The normalized spacial score (nSPS) is 11.6. The molecule has 0 fully saturated rings. The van der Waals surface area contributed by atoms with Crippen LogP contribution in [0.2, 0.25) is 0 Å². The van der Waals surface area contributed by atoms with Crippen molar-refractivity contribution >= 4 is 5.91 Å². The van der Waals surface area contributed by atoms with Gasteiger partial charge in [0.15, 0.2) is 0 Å². The highest BCUT2D eigenvalue weighted by molar-refractivity contribution is 5.79. The van der Waals surface area contributed by atoms with Crippen molar-refractivity contribution in [1.29, 1.82) is 0 Å². The minimum atomic E-state index is -0.284. The highest BCUT2D eigenvalue weighted by atomic mass is 16.5. The molecule has 2 N–H and O–H groups in total. The van der Waals surface area contributed by atoms with Crippen LogP contribution >= 0.6 is 0 Å². The van der Waals surface area contributed by atoms with E-state index in [9.17, 15) is 9.59 Å². The minimum Gasteiger partial charge on any atom is -0.497 e. The van der Waals surface area contributed by atoms with Gasteiger partial charge in [0, 0.05) is 12.5 Å². The number of rotatable bonds is 7. The number of benzene rings is 2. The number of methoxy groups -OCH3 is 1. The van der Waals surface area contributed by atoms with Crippen LogP contribution in [0.25, 0.3) is 0 Å². The Hall–Kier alpha value is -3.41. The molecular weight excluding hydrogens is 354 g/mol. The zero-order chi connectivity index (χ0) is 19.9. The van der Waals surface area contributed by atoms with Crippen LogP contribution < -0.4 is 15.6 Å². The van der Waals surface area contributed by atoms with E-state index >= 15 is 0 Å². The molecule has 28 heavy (non-hydrogen) atoms. The van der Waals surface area contributed by atoms with Crippen LogP contribution in [0.4, 0.5) is 0 Å². The van der Waals surface area contributed by atoms with E-state index in [4.69, 9.17) is 4.74 Å². The van der Waals surface area contributed by atoms with Crippen molar-refractivity contribution in [3.63, 3.8) is 0 Å². The zero-order valence-corrected chi connectivity index (χ0v) is 15.9. The van der Waals surface area contributed by atoms with E-state index in [2.05, 4.69) is 15.3 Å². The molecule has 0 radical (unpaired) electrons. The maximum absolute atomic E-state index is 12.7. The number of ether oxygens (including phenoxy) is 1. The summed E-state index contributed by atoms with van der Waals surface area (Å²) < 4.78 is 5.22. The Morgan fingerprint density at radius 3 is 2.64 bits per heavy atom. The molecule has 3 aromatic rings. The third-order valence-corrected chi connectivity index (χ3v) is 4.36. The number of carbonyl (C=O) groups is 1. The third-order valence-electron chi connectivity index (χ3n) is 4.36. The topological polar surface area (TPSA) is 84.1 Å². The average molecular weight is 377 g/mol. The predicted molar refractivity (Wildman–Crippen MR) is 107 cm³/mol. The van der Waals surface area contributed by atoms with Gasteiger partial charge in [-0.1, -0.05) is 42.5 Å². The van der Waals surface area contributed by atoms with Gasteiger partial charge in [0.2, 0.25) is 5.91 Å². The highest BCUT2D eigenvalue weighted by Crippen LogP contribution is 2.18. The molecule has 0 aliphatic rings. The van der Waals surface area contributed by atoms with Gasteiger partial charge >= 0.3 is 0 Å². The molecule has 144 valence electrons. The first-order chi connectivity index (χ1) is 13.5. The Bertz CT molecular complexity index is 999. The summed E-state index contributed by atoms with van der Waals surface area (Å²) in [6.45, 7) is 1.74. The first-order valence-corrected chi connectivity index (χ1v) is 9.07. The lowest BCUT2D eigenvalue weighted by Crippen LogP contribution is -2.31. The van der Waals surface area contributed by atoms with Crippen molar-refractivity contribution in [2.75, 3.05) is 7.11 Å². The van der Waals surface area contributed by atoms with Gasteiger partial charge in [0.25, 0.3) is 5.56 Å². The lowest BCUT2D eigenvalue weighted by atomic mass is 10.0. The highest BCUT2D eigenvalue weighted by Gasteiger charge is 2.17. The first kappa shape index (κ1) is 19.4. The molecule has 0 unspecified atom stereocenters. The van der Waals surface area contributed by atoms with Crippen LogP contribution in [0, 0.1) is 6.92 Å². The first-order valence-electron chi connectivity index (χ1n) is 9.07. The minimum absolute atomic E-state index is 0.108. The van der Waals surface area contributed by atoms with Crippen molar-refractivity contribution in [2.45, 2.75) is 25.8 Å². The molecule has 1 amide bonds. The number of H-pyrrole nitrogens is 1. The van der Waals surface area contributed by atoms with Crippen LogP contribution in [0.5, 0.6) is 5.75 Å². The van der Waals surface area contributed by atoms with Crippen LogP contribution in [0.3, 0.4) is 0 Å². The lowest BCUT2D eigenvalue weighted by molar-refractivity contribution is -0.121. The molecule has 0 aliphatic heterocycles. The Morgan fingerprint density at radius 1 is 1.14 bits per heavy atom. The van der Waals surface area contributed by atoms with E-state index in [-0.39, 0.29) is 23.9 Å². The fourth-order valence-corrected chi connectivity index (χ4v) is 3.11. The van der Waals surface area contributed by atoms with Gasteiger partial charge in [0.1, 0.15) is 11.6 Å². The van der Waals surface area contributed by atoms with Crippen molar-refractivity contribution < 1.29 is 9.53 Å². The smallest absolute Gasteiger partial charge is 0.251 e. The number of nitrogens with zero attached hydrogens (tertiary/aromatic N) is 1. The van der Waals surface area contributed by atoms with Crippen LogP contribution in [0.1, 0.15) is 28.7 Å². The summed E-state index contributed by atoms with van der Waals surface area (Å²) in [5.41, 5.74) is 2.27. The number of hydrogen-bond acceptors (Lipinski definition) is 4. The number of nitrogens with one attached hydrogen (secondary N) is 2. The van der Waals surface area contributed by atoms with Gasteiger partial charge < -0.3 is 15.0 Å². The Kier molecular flexibility index (Phi) is 6.22. The summed E-state index contributed by atoms with van der Waals surface area (Å²) in [6, 6.07) is 18.3. The molecule has 6 nitrogen and oxygen atoms in total. The van der Waals surface area contributed by atoms with Crippen LogP contribution in [-0.4, -0.2) is 23.0 Å². The van der Waals surface area contributed by atoms with Crippen molar-refractivity contribution in [1.82, 2.24) is 15.3 Å². The number of aromatic amines is 1. The van der Waals surface area contributed by atoms with E-state index in [0.29, 0.717) is 23.7 Å². The summed E-state index contributed by atoms with van der Waals surface area (Å²) in [4.78, 5) is 31.5. The maximum atomic E-state index is 12.7. The average Bonchev–Trinajstić information content (AvgIpc) is 2.67. The Morgan fingerprint density at radius 2 is 1.93 bits per heavy atom. The van der Waals surface area contributed by atoms with E-state index < -0.39 is 0 Å². The molecule has 1 aromatic heterocycles. The molecule has 0 saturated heterocycles. The van der Waals surface area contributed by atoms with Crippen LogP contribution in [0.15, 0.2) is 65.5 Å². The molecule has 3 rings (SSSR count). The predicted octanol–water partition coefficient (Wildman–Crippen LogP) is 2.73. The third kappa shape index (κ3) is 5.30. The van der Waals surface area contributed by atoms with Gasteiger partial charge in [-0.2, -0.15) is 0 Å². The van der Waals surface area contributed by atoms with Gasteiger partial charge in [-0.15, -0.1) is 0 Å². The number of hydrogen-bond donors (Lipinski definition) is 2. The zero-order valence-electron chi connectivity index (χ0n) is 15.9. The Balaban J connectivity index is 1.78. The molecule has 0 spiro atoms. The number of amides is 1. The van der Waals surface area contributed by atoms with E-state index in [1.54, 1.807) is 14.0 Å². The maximum Gasteiger partial charge on any atom is 0.251 e. The molecule has 2 aromatic carbocycles. The Labute approximate surface area is 163 Å². The summed E-state index contributed by atoms with van der Waals surface area (Å²) in [5.74, 6) is 1.16. The second-order valence-corrected chi connectivity index (χ2v) is 6.59. The van der Waals surface area contributed by atoms with Gasteiger partial charge in [-0.05, 0) is 30.2 Å². The monoisotopic (exact) mass is 377 g/mol. The molecule has 0 bridgehead atoms. The standard InChI is InChI=1S/C22H23N3O3/c1-15-23-18(14-22(27)24-15)13-20(17-8-4-3-5-9-17)25-21(26)12-16-7-6-10-19(11-16)28-2/h3-11,14,20H,12-13H2,1-2H3,(H,25,26)(H,23,24,27)/t20-/m0/s1. The van der Waals surface area contributed by atoms with E-state index in [1.165, 1.54) is 6.07 Å². The second kappa shape index (κ2) is 8.99. The lowest BCUT2D eigenvalue weighted by Gasteiger charge is -2.19. The van der Waals surface area contributed by atoms with E-state index in [0.717, 1.165) is 11.1 Å².